The van der Waals surface area contributed by atoms with E-state index in [1.165, 1.54) is 44.5 Å². The average molecular weight is 347 g/mol. The van der Waals surface area contributed by atoms with Gasteiger partial charge < -0.3 is 0 Å². The van der Waals surface area contributed by atoms with Crippen molar-refractivity contribution in [3.8, 4) is 0 Å². The molecule has 128 valence electrons. The van der Waals surface area contributed by atoms with Crippen molar-refractivity contribution < 1.29 is 4.42 Å². The summed E-state index contributed by atoms with van der Waals surface area (Å²) in [6.07, 6.45) is 4.21. The molecular formula is C26H19O+. The van der Waals surface area contributed by atoms with Crippen LogP contribution in [0.25, 0.3) is 22.8 Å². The Morgan fingerprint density at radius 3 is 1.67 bits per heavy atom. The first kappa shape index (κ1) is 15.8. The second kappa shape index (κ2) is 6.37. The van der Waals surface area contributed by atoms with Crippen LogP contribution >= 0.6 is 0 Å². The van der Waals surface area contributed by atoms with E-state index in [-0.39, 0.29) is 0 Å². The Labute approximate surface area is 159 Å². The Hall–Kier alpha value is -3.45. The summed E-state index contributed by atoms with van der Waals surface area (Å²) in [4.78, 5) is 0. The van der Waals surface area contributed by atoms with E-state index in [1.807, 2.05) is 0 Å². The van der Waals surface area contributed by atoms with Gasteiger partial charge in [-0.1, -0.05) is 84.9 Å². The van der Waals surface area contributed by atoms with Gasteiger partial charge >= 0.3 is 5.78 Å². The number of ketones is 1. The molecule has 5 rings (SSSR count). The van der Waals surface area contributed by atoms with Gasteiger partial charge in [-0.05, 0) is 39.5 Å². The van der Waals surface area contributed by atoms with Gasteiger partial charge in [0.1, 0.15) is 0 Å². The summed E-state index contributed by atoms with van der Waals surface area (Å²) >= 11 is 0. The molecule has 3 aromatic rings. The second-order valence-corrected chi connectivity index (χ2v) is 6.72. The fourth-order valence-corrected chi connectivity index (χ4v) is 3.90. The van der Waals surface area contributed by atoms with Crippen molar-refractivity contribution in [2.45, 2.75) is 0 Å². The van der Waals surface area contributed by atoms with E-state index in [0.717, 1.165) is 5.78 Å². The van der Waals surface area contributed by atoms with E-state index < -0.39 is 0 Å². The molecule has 0 aromatic heterocycles. The maximum absolute atomic E-state index is 5.78. The normalized spacial score (nSPS) is 16.7. The molecule has 0 saturated carbocycles. The highest BCUT2D eigenvalue weighted by Gasteiger charge is 2.40. The summed E-state index contributed by atoms with van der Waals surface area (Å²) in [6.45, 7) is 0. The van der Waals surface area contributed by atoms with Crippen molar-refractivity contribution >= 4 is 28.6 Å². The van der Waals surface area contributed by atoms with E-state index in [1.54, 1.807) is 7.11 Å². The van der Waals surface area contributed by atoms with Crippen molar-refractivity contribution in [3.63, 3.8) is 0 Å². The Morgan fingerprint density at radius 1 is 0.519 bits per heavy atom. The summed E-state index contributed by atoms with van der Waals surface area (Å²) in [5.41, 5.74) is 10.1. The number of fused-ring (bicyclic) bond motifs is 1. The summed E-state index contributed by atoms with van der Waals surface area (Å²) in [5, 5.41) is 0. The zero-order chi connectivity index (χ0) is 18.2. The number of hydrogen-bond acceptors (Lipinski definition) is 0. The second-order valence-electron chi connectivity index (χ2n) is 6.72. The maximum atomic E-state index is 5.78. The molecule has 27 heavy (non-hydrogen) atoms. The molecular weight excluding hydrogens is 328 g/mol. The molecule has 0 unspecified atom stereocenters. The molecule has 1 heteroatoms. The number of rotatable bonds is 2. The standard InChI is InChI=1S/C26H19O/c1-27-22-17-16-18-10-8-9-15-21(18)25(22)26-23(19-11-4-2-5-12-19)24(26)20-13-6-3-7-14-20/h2-17H,1H3/q+1. The minimum Gasteiger partial charge on any atom is -0.257 e. The minimum absolute atomic E-state index is 0.920. The quantitative estimate of drug-likeness (QED) is 0.408. The number of benzene rings is 3. The van der Waals surface area contributed by atoms with Crippen LogP contribution in [-0.2, 0) is 4.42 Å². The molecule has 0 N–H and O–H groups in total. The third-order valence-corrected chi connectivity index (χ3v) is 5.17. The summed E-state index contributed by atoms with van der Waals surface area (Å²) in [7, 11) is 1.75. The van der Waals surface area contributed by atoms with Crippen molar-refractivity contribution in [2.24, 2.45) is 0 Å². The van der Waals surface area contributed by atoms with E-state index >= 15 is 0 Å². The molecule has 0 aliphatic heterocycles. The van der Waals surface area contributed by atoms with Gasteiger partial charge in [0.05, 0.1) is 5.57 Å². The van der Waals surface area contributed by atoms with Gasteiger partial charge in [-0.15, -0.1) is 0 Å². The van der Waals surface area contributed by atoms with Crippen molar-refractivity contribution in [2.75, 3.05) is 7.11 Å². The monoisotopic (exact) mass is 347 g/mol. The van der Waals surface area contributed by atoms with Crippen LogP contribution in [0.2, 0.25) is 0 Å². The van der Waals surface area contributed by atoms with Gasteiger partial charge in [-0.3, -0.25) is 4.42 Å². The van der Waals surface area contributed by atoms with E-state index in [0.29, 0.717) is 0 Å². The van der Waals surface area contributed by atoms with Gasteiger partial charge in [-0.2, -0.15) is 0 Å². The summed E-state index contributed by atoms with van der Waals surface area (Å²) < 4.78 is 5.78. The molecule has 0 fully saturated rings. The molecule has 2 aliphatic carbocycles. The molecule has 0 heterocycles. The smallest absolute Gasteiger partial charge is 0.257 e. The lowest BCUT2D eigenvalue weighted by molar-refractivity contribution is -0.417. The van der Waals surface area contributed by atoms with Crippen LogP contribution in [0.1, 0.15) is 22.3 Å². The van der Waals surface area contributed by atoms with Crippen LogP contribution in [0, 0.1) is 0 Å². The minimum atomic E-state index is 0.920. The SMILES string of the molecule is C[O+]=C1C=Cc2ccccc2C1=C1C(c2ccccc2)=C1c1ccccc1. The Bertz CT molecular complexity index is 1090. The number of allylic oxidation sites excluding steroid dienone is 5. The lowest BCUT2D eigenvalue weighted by atomic mass is 9.89. The molecule has 0 bridgehead atoms. The topological polar surface area (TPSA) is 11.3 Å². The average Bonchev–Trinajstić information content (AvgIpc) is 3.49. The first-order valence-corrected chi connectivity index (χ1v) is 9.17. The predicted octanol–water partition coefficient (Wildman–Crippen LogP) is 5.83. The molecule has 1 nitrogen and oxygen atoms in total. The Kier molecular flexibility index (Phi) is 3.72. The van der Waals surface area contributed by atoms with Crippen LogP contribution in [0.4, 0.5) is 0 Å². The third-order valence-electron chi connectivity index (χ3n) is 5.17. The summed E-state index contributed by atoms with van der Waals surface area (Å²) in [5.74, 6) is 0.920. The maximum Gasteiger partial charge on any atom is 0.351 e. The van der Waals surface area contributed by atoms with Crippen LogP contribution in [0.5, 0.6) is 0 Å². The third kappa shape index (κ3) is 2.60. The lowest BCUT2D eigenvalue weighted by Crippen LogP contribution is -2.07. The first-order valence-electron chi connectivity index (χ1n) is 9.17. The fourth-order valence-electron chi connectivity index (χ4n) is 3.90. The fraction of sp³-hybridized carbons (Fsp3) is 0.0385. The molecule has 0 spiro atoms. The van der Waals surface area contributed by atoms with E-state index in [4.69, 9.17) is 4.42 Å². The highest BCUT2D eigenvalue weighted by atomic mass is 16.4. The summed E-state index contributed by atoms with van der Waals surface area (Å²) in [6, 6.07) is 29.8. The number of carbonyl (C=O) groups excluding carboxylic acids is 1. The molecule has 2 aliphatic rings. The molecule has 0 amide bonds. The van der Waals surface area contributed by atoms with Crippen molar-refractivity contribution in [1.29, 1.82) is 0 Å². The highest BCUT2D eigenvalue weighted by Crippen LogP contribution is 2.56. The molecule has 0 radical (unpaired) electrons. The zero-order valence-corrected chi connectivity index (χ0v) is 15.1. The molecule has 3 aromatic carbocycles. The van der Waals surface area contributed by atoms with Gasteiger partial charge in [-0.25, -0.2) is 0 Å². The van der Waals surface area contributed by atoms with Crippen molar-refractivity contribution in [3.05, 3.63) is 119 Å². The van der Waals surface area contributed by atoms with Crippen LogP contribution in [-0.4, -0.2) is 12.9 Å². The van der Waals surface area contributed by atoms with Gasteiger partial charge in [0.25, 0.3) is 7.11 Å². The predicted molar refractivity (Wildman–Crippen MR) is 113 cm³/mol. The van der Waals surface area contributed by atoms with Crippen LogP contribution in [0.15, 0.2) is 96.6 Å². The van der Waals surface area contributed by atoms with Gasteiger partial charge in [0, 0.05) is 11.6 Å². The molecule has 0 atom stereocenters. The lowest BCUT2D eigenvalue weighted by Gasteiger charge is -2.11. The van der Waals surface area contributed by atoms with E-state index in [2.05, 4.69) is 97.1 Å². The van der Waals surface area contributed by atoms with Crippen LogP contribution in [0.3, 0.4) is 0 Å². The number of hydrogen-bond donors (Lipinski definition) is 0. The van der Waals surface area contributed by atoms with Crippen molar-refractivity contribution in [1.82, 2.24) is 0 Å². The largest absolute Gasteiger partial charge is 0.351 e. The first-order chi connectivity index (χ1) is 13.4. The highest BCUT2D eigenvalue weighted by molar-refractivity contribution is 6.42. The molecule has 0 saturated heterocycles. The van der Waals surface area contributed by atoms with Crippen LogP contribution < -0.4 is 0 Å². The van der Waals surface area contributed by atoms with E-state index in [9.17, 15) is 0 Å². The Morgan fingerprint density at radius 2 is 1.07 bits per heavy atom. The van der Waals surface area contributed by atoms with Gasteiger partial charge in [0.15, 0.2) is 0 Å². The zero-order valence-electron chi connectivity index (χ0n) is 15.1. The Balaban J connectivity index is 1.78. The van der Waals surface area contributed by atoms with Gasteiger partial charge in [0.2, 0.25) is 0 Å².